The van der Waals surface area contributed by atoms with Crippen molar-refractivity contribution in [3.63, 3.8) is 0 Å². The van der Waals surface area contributed by atoms with Crippen molar-refractivity contribution in [1.82, 2.24) is 4.98 Å². The molecule has 1 aliphatic rings. The largest absolute Gasteiger partial charge is 0.379 e. The molecule has 2 heterocycles. The van der Waals surface area contributed by atoms with Gasteiger partial charge in [0.25, 0.3) is 0 Å². The fraction of sp³-hybridized carbons (Fsp3) is 0.357. The molecule has 19 heavy (non-hydrogen) atoms. The summed E-state index contributed by atoms with van der Waals surface area (Å²) >= 11 is 5.19. The van der Waals surface area contributed by atoms with Crippen LogP contribution in [-0.4, -0.2) is 24.7 Å². The SMILES string of the molecule is Cc1ccc(Br)cc1-c1csc(C2(CN)COC2)n1. The highest BCUT2D eigenvalue weighted by Gasteiger charge is 2.41. The van der Waals surface area contributed by atoms with E-state index in [1.165, 1.54) is 11.1 Å². The third-order valence-electron chi connectivity index (χ3n) is 3.58. The van der Waals surface area contributed by atoms with E-state index in [-0.39, 0.29) is 5.41 Å². The lowest BCUT2D eigenvalue weighted by Gasteiger charge is -2.38. The number of halogens is 1. The molecule has 1 aromatic heterocycles. The molecule has 0 unspecified atom stereocenters. The standard InChI is InChI=1S/C14H15BrN2OS/c1-9-2-3-10(15)4-11(9)12-5-19-13(17-12)14(6-16)7-18-8-14/h2-5H,6-8,16H2,1H3. The highest BCUT2D eigenvalue weighted by Crippen LogP contribution is 2.36. The van der Waals surface area contributed by atoms with Crippen LogP contribution in [0, 0.1) is 6.92 Å². The lowest BCUT2D eigenvalue weighted by molar-refractivity contribution is -0.0550. The van der Waals surface area contributed by atoms with E-state index in [0.29, 0.717) is 19.8 Å². The van der Waals surface area contributed by atoms with Crippen molar-refractivity contribution in [2.24, 2.45) is 5.73 Å². The van der Waals surface area contributed by atoms with Crippen molar-refractivity contribution >= 4 is 27.3 Å². The minimum Gasteiger partial charge on any atom is -0.379 e. The predicted molar refractivity (Wildman–Crippen MR) is 81.5 cm³/mol. The lowest BCUT2D eigenvalue weighted by atomic mass is 9.87. The van der Waals surface area contributed by atoms with E-state index >= 15 is 0 Å². The number of aromatic nitrogens is 1. The Labute approximate surface area is 124 Å². The molecule has 0 spiro atoms. The van der Waals surface area contributed by atoms with Gasteiger partial charge in [-0.3, -0.25) is 0 Å². The van der Waals surface area contributed by atoms with Crippen molar-refractivity contribution < 1.29 is 4.74 Å². The van der Waals surface area contributed by atoms with Gasteiger partial charge >= 0.3 is 0 Å². The maximum absolute atomic E-state index is 5.88. The first-order valence-corrected chi connectivity index (χ1v) is 7.82. The molecule has 3 nitrogen and oxygen atoms in total. The van der Waals surface area contributed by atoms with Crippen LogP contribution >= 0.6 is 27.3 Å². The molecule has 0 radical (unpaired) electrons. The van der Waals surface area contributed by atoms with Gasteiger partial charge in [-0.2, -0.15) is 0 Å². The Balaban J connectivity index is 1.99. The van der Waals surface area contributed by atoms with Crippen LogP contribution in [0.2, 0.25) is 0 Å². The molecule has 0 atom stereocenters. The van der Waals surface area contributed by atoms with Crippen molar-refractivity contribution in [3.8, 4) is 11.3 Å². The normalized spacial score (nSPS) is 17.2. The number of hydrogen-bond acceptors (Lipinski definition) is 4. The smallest absolute Gasteiger partial charge is 0.105 e. The van der Waals surface area contributed by atoms with E-state index in [4.69, 9.17) is 15.5 Å². The van der Waals surface area contributed by atoms with E-state index in [0.717, 1.165) is 15.2 Å². The third-order valence-corrected chi connectivity index (χ3v) is 5.16. The molecular weight excluding hydrogens is 324 g/mol. The van der Waals surface area contributed by atoms with E-state index in [2.05, 4.69) is 40.4 Å². The number of thiazole rings is 1. The number of hydrogen-bond donors (Lipinski definition) is 1. The second-order valence-corrected chi connectivity index (χ2v) is 6.75. The van der Waals surface area contributed by atoms with Gasteiger partial charge < -0.3 is 10.5 Å². The monoisotopic (exact) mass is 338 g/mol. The molecule has 2 aromatic rings. The maximum atomic E-state index is 5.88. The molecule has 1 saturated heterocycles. The Morgan fingerprint density at radius 1 is 1.47 bits per heavy atom. The topological polar surface area (TPSA) is 48.1 Å². The quantitative estimate of drug-likeness (QED) is 0.935. The molecule has 1 aromatic carbocycles. The second-order valence-electron chi connectivity index (χ2n) is 4.97. The zero-order valence-electron chi connectivity index (χ0n) is 10.6. The molecule has 5 heteroatoms. The van der Waals surface area contributed by atoms with E-state index in [9.17, 15) is 0 Å². The zero-order chi connectivity index (χ0) is 13.5. The number of nitrogens with zero attached hydrogens (tertiary/aromatic N) is 1. The first-order valence-electron chi connectivity index (χ1n) is 6.15. The Morgan fingerprint density at radius 2 is 2.26 bits per heavy atom. The summed E-state index contributed by atoms with van der Waals surface area (Å²) in [7, 11) is 0. The Morgan fingerprint density at radius 3 is 2.89 bits per heavy atom. The van der Waals surface area contributed by atoms with Gasteiger partial charge in [-0.25, -0.2) is 4.98 Å². The first-order chi connectivity index (χ1) is 9.14. The van der Waals surface area contributed by atoms with Gasteiger partial charge in [0.1, 0.15) is 5.01 Å². The van der Waals surface area contributed by atoms with E-state index in [1.807, 2.05) is 6.07 Å². The molecule has 1 aliphatic heterocycles. The van der Waals surface area contributed by atoms with Gasteiger partial charge in [0.15, 0.2) is 0 Å². The molecule has 2 N–H and O–H groups in total. The van der Waals surface area contributed by atoms with Gasteiger partial charge in [0, 0.05) is 22.0 Å². The third kappa shape index (κ3) is 2.25. The summed E-state index contributed by atoms with van der Waals surface area (Å²) in [5.74, 6) is 0. The summed E-state index contributed by atoms with van der Waals surface area (Å²) < 4.78 is 6.39. The fourth-order valence-electron chi connectivity index (χ4n) is 2.19. The first kappa shape index (κ1) is 13.2. The van der Waals surface area contributed by atoms with Crippen molar-refractivity contribution in [2.45, 2.75) is 12.3 Å². The molecular formula is C14H15BrN2OS. The number of ether oxygens (including phenoxy) is 1. The van der Waals surface area contributed by atoms with Crippen LogP contribution in [0.1, 0.15) is 10.6 Å². The average molecular weight is 339 g/mol. The number of aryl methyl sites for hydroxylation is 1. The van der Waals surface area contributed by atoms with Crippen molar-refractivity contribution in [2.75, 3.05) is 19.8 Å². The minimum atomic E-state index is -0.0527. The Kier molecular flexibility index (Phi) is 3.47. The summed E-state index contributed by atoms with van der Waals surface area (Å²) in [5, 5.41) is 3.20. The molecule has 0 amide bonds. The number of benzene rings is 1. The minimum absolute atomic E-state index is 0.0527. The lowest BCUT2D eigenvalue weighted by Crippen LogP contribution is -2.52. The van der Waals surface area contributed by atoms with Crippen molar-refractivity contribution in [1.29, 1.82) is 0 Å². The van der Waals surface area contributed by atoms with Crippen LogP contribution in [0.25, 0.3) is 11.3 Å². The number of nitrogens with two attached hydrogens (primary N) is 1. The highest BCUT2D eigenvalue weighted by atomic mass is 79.9. The molecule has 100 valence electrons. The summed E-state index contributed by atoms with van der Waals surface area (Å²) in [5.41, 5.74) is 9.25. The van der Waals surface area contributed by atoms with Crippen LogP contribution < -0.4 is 5.73 Å². The summed E-state index contributed by atoms with van der Waals surface area (Å²) in [6.45, 7) is 4.07. The number of rotatable bonds is 3. The molecule has 0 aliphatic carbocycles. The second kappa shape index (κ2) is 4.98. The zero-order valence-corrected chi connectivity index (χ0v) is 13.1. The van der Waals surface area contributed by atoms with Crippen molar-refractivity contribution in [3.05, 3.63) is 38.6 Å². The highest BCUT2D eigenvalue weighted by molar-refractivity contribution is 9.10. The Hall–Kier alpha value is -0.750. The van der Waals surface area contributed by atoms with Crippen LogP contribution in [0.5, 0.6) is 0 Å². The van der Waals surface area contributed by atoms with Crippen LogP contribution in [0.3, 0.4) is 0 Å². The summed E-state index contributed by atoms with van der Waals surface area (Å²) in [6, 6.07) is 6.26. The maximum Gasteiger partial charge on any atom is 0.105 e. The fourth-order valence-corrected chi connectivity index (χ4v) is 3.55. The van der Waals surface area contributed by atoms with Gasteiger partial charge in [-0.1, -0.05) is 22.0 Å². The van der Waals surface area contributed by atoms with E-state index < -0.39 is 0 Å². The average Bonchev–Trinajstić information content (AvgIpc) is 2.81. The Bertz CT molecular complexity index is 602. The van der Waals surface area contributed by atoms with Gasteiger partial charge in [-0.15, -0.1) is 11.3 Å². The van der Waals surface area contributed by atoms with Gasteiger partial charge in [0.2, 0.25) is 0 Å². The van der Waals surface area contributed by atoms with Gasteiger partial charge in [-0.05, 0) is 24.6 Å². The predicted octanol–water partition coefficient (Wildman–Crippen LogP) is 3.11. The molecule has 1 fully saturated rings. The van der Waals surface area contributed by atoms with Crippen LogP contribution in [0.4, 0.5) is 0 Å². The van der Waals surface area contributed by atoms with E-state index in [1.54, 1.807) is 11.3 Å². The molecule has 0 bridgehead atoms. The summed E-state index contributed by atoms with van der Waals surface area (Å²) in [6.07, 6.45) is 0. The molecule has 3 rings (SSSR count). The van der Waals surface area contributed by atoms with Crippen LogP contribution in [-0.2, 0) is 10.2 Å². The molecule has 0 saturated carbocycles. The van der Waals surface area contributed by atoms with Crippen LogP contribution in [0.15, 0.2) is 28.1 Å². The summed E-state index contributed by atoms with van der Waals surface area (Å²) in [4.78, 5) is 4.79. The van der Waals surface area contributed by atoms with Gasteiger partial charge in [0.05, 0.1) is 24.3 Å².